The Hall–Kier alpha value is -5.78. The Labute approximate surface area is 425 Å². The van der Waals surface area contributed by atoms with Gasteiger partial charge in [-0.3, -0.25) is 0 Å². The Balaban J connectivity index is 1.20. The molecule has 5 heteroatoms. The van der Waals surface area contributed by atoms with Gasteiger partial charge in [0.2, 0.25) is 0 Å². The number of furan rings is 1. The molecule has 9 aromatic rings. The van der Waals surface area contributed by atoms with Crippen LogP contribution in [0.25, 0.3) is 64.4 Å². The van der Waals surface area contributed by atoms with Gasteiger partial charge in [-0.2, -0.15) is 0 Å². The average molecular weight is 947 g/mol. The van der Waals surface area contributed by atoms with Crippen LogP contribution >= 0.6 is 11.3 Å². The number of anilines is 4. The molecule has 0 radical (unpaired) electrons. The Morgan fingerprint density at radius 2 is 1.25 bits per heavy atom. The summed E-state index contributed by atoms with van der Waals surface area (Å²) in [6.45, 7) is 29.3. The van der Waals surface area contributed by atoms with E-state index in [0.717, 1.165) is 17.6 Å². The highest BCUT2D eigenvalue weighted by Gasteiger charge is 2.62. The van der Waals surface area contributed by atoms with Crippen molar-refractivity contribution in [3.05, 3.63) is 143 Å². The lowest BCUT2D eigenvalue weighted by molar-refractivity contribution is 0.195. The number of rotatable bonds is 2. The van der Waals surface area contributed by atoms with Crippen molar-refractivity contribution < 1.29 is 4.42 Å². The predicted molar refractivity (Wildman–Crippen MR) is 307 cm³/mol. The van der Waals surface area contributed by atoms with Crippen LogP contribution in [0.4, 0.5) is 22.7 Å². The molecule has 5 aliphatic rings. The first kappa shape index (κ1) is 44.0. The molecule has 0 spiro atoms. The van der Waals surface area contributed by atoms with Crippen molar-refractivity contribution in [1.29, 1.82) is 0 Å². The summed E-state index contributed by atoms with van der Waals surface area (Å²) in [5.41, 5.74) is 22.5. The van der Waals surface area contributed by atoms with E-state index in [4.69, 9.17) is 4.42 Å². The molecule has 2 atom stereocenters. The van der Waals surface area contributed by atoms with Gasteiger partial charge in [-0.15, -0.1) is 11.3 Å². The standard InChI is InChI=1S/C66H67BN2OS/c1-61(2,3)39-24-26-50(43(32-39)38-20-14-13-15-21-38)69-51-27-25-42-44-35-46-47(64(9,10)31-30-63(46,7)8)37-54(44)71-60(42)55(51)56-57-52(36-45-41-22-16-17-23-53(41)70-59(45)56)68-58-48(65(11)28-18-19-29-66(65,68)12)33-40(62(4,5)6)34-49(58)67(57)69/h13-17,20-27,32-37H,18-19,28-31H2,1-12H3. The molecule has 5 heterocycles. The van der Waals surface area contributed by atoms with E-state index in [1.807, 2.05) is 11.3 Å². The first-order chi connectivity index (χ1) is 33.7. The van der Waals surface area contributed by atoms with E-state index in [1.165, 1.54) is 141 Å². The molecule has 3 aliphatic heterocycles. The van der Waals surface area contributed by atoms with Crippen LogP contribution in [0.3, 0.4) is 0 Å². The molecule has 0 saturated heterocycles. The molecular formula is C66H67BN2OS. The topological polar surface area (TPSA) is 19.6 Å². The summed E-state index contributed by atoms with van der Waals surface area (Å²) < 4.78 is 10.1. The van der Waals surface area contributed by atoms with Crippen molar-refractivity contribution in [3.63, 3.8) is 0 Å². The van der Waals surface area contributed by atoms with Crippen LogP contribution in [0.5, 0.6) is 0 Å². The molecule has 1 fully saturated rings. The predicted octanol–water partition coefficient (Wildman–Crippen LogP) is 17.5. The molecule has 3 nitrogen and oxygen atoms in total. The Bertz CT molecular complexity index is 3800. The molecule has 7 aromatic carbocycles. The third-order valence-electron chi connectivity index (χ3n) is 19.2. The van der Waals surface area contributed by atoms with Crippen LogP contribution in [0, 0.1) is 0 Å². The highest BCUT2D eigenvalue weighted by Crippen LogP contribution is 2.64. The number of hydrogen-bond acceptors (Lipinski definition) is 4. The van der Waals surface area contributed by atoms with Gasteiger partial charge in [-0.05, 0) is 141 Å². The number of fused-ring (bicyclic) bond motifs is 16. The molecule has 0 N–H and O–H groups in total. The number of benzene rings is 7. The highest BCUT2D eigenvalue weighted by atomic mass is 32.1. The summed E-state index contributed by atoms with van der Waals surface area (Å²) >= 11 is 2.01. The summed E-state index contributed by atoms with van der Waals surface area (Å²) in [5.74, 6) is 0. The van der Waals surface area contributed by atoms with E-state index in [1.54, 1.807) is 5.56 Å². The normalized spacial score (nSPS) is 21.7. The van der Waals surface area contributed by atoms with Crippen molar-refractivity contribution in [1.82, 2.24) is 0 Å². The summed E-state index contributed by atoms with van der Waals surface area (Å²) in [6, 6.07) is 45.5. The lowest BCUT2D eigenvalue weighted by atomic mass is 9.43. The van der Waals surface area contributed by atoms with Crippen molar-refractivity contribution in [2.45, 2.75) is 154 Å². The number of hydrogen-bond donors (Lipinski definition) is 0. The monoisotopic (exact) mass is 947 g/mol. The molecule has 356 valence electrons. The summed E-state index contributed by atoms with van der Waals surface area (Å²) in [7, 11) is 0. The Kier molecular flexibility index (Phi) is 8.69. The second-order valence-corrected chi connectivity index (χ2v) is 27.3. The largest absolute Gasteiger partial charge is 0.455 e. The molecule has 2 aromatic heterocycles. The van der Waals surface area contributed by atoms with E-state index < -0.39 is 0 Å². The van der Waals surface area contributed by atoms with Crippen molar-refractivity contribution in [2.24, 2.45) is 0 Å². The van der Waals surface area contributed by atoms with E-state index in [-0.39, 0.29) is 39.5 Å². The van der Waals surface area contributed by atoms with Gasteiger partial charge in [0.15, 0.2) is 0 Å². The summed E-state index contributed by atoms with van der Waals surface area (Å²) in [5, 5.41) is 5.13. The molecule has 0 bridgehead atoms. The minimum atomic E-state index is -0.131. The molecule has 71 heavy (non-hydrogen) atoms. The SMILES string of the molecule is CC(C)(C)c1ccc(N2B3c4cc(C(C)(C)C)cc5c4N(c4cc6c(oc7ccccc76)c(c43)-c3c2ccc2c3sc3cc4c(cc32)C(C)(C)CCC4(C)C)C2(C)CCCCC52C)c(-c2ccccc2)c1. The van der Waals surface area contributed by atoms with Gasteiger partial charge < -0.3 is 14.1 Å². The van der Waals surface area contributed by atoms with E-state index in [0.29, 0.717) is 0 Å². The average Bonchev–Trinajstić information content (AvgIpc) is 3.97. The zero-order valence-electron chi connectivity index (χ0n) is 44.0. The van der Waals surface area contributed by atoms with Gasteiger partial charge in [0.1, 0.15) is 11.2 Å². The maximum Gasteiger partial charge on any atom is 0.333 e. The van der Waals surface area contributed by atoms with E-state index >= 15 is 0 Å². The zero-order valence-corrected chi connectivity index (χ0v) is 44.8. The maximum absolute atomic E-state index is 7.39. The van der Waals surface area contributed by atoms with E-state index in [9.17, 15) is 0 Å². The second-order valence-electron chi connectivity index (χ2n) is 26.2. The maximum atomic E-state index is 7.39. The third kappa shape index (κ3) is 5.74. The van der Waals surface area contributed by atoms with E-state index in [2.05, 4.69) is 208 Å². The quantitative estimate of drug-likeness (QED) is 0.161. The minimum Gasteiger partial charge on any atom is -0.455 e. The smallest absolute Gasteiger partial charge is 0.333 e. The van der Waals surface area contributed by atoms with Gasteiger partial charge in [-0.25, -0.2) is 0 Å². The zero-order chi connectivity index (χ0) is 49.1. The lowest BCUT2D eigenvalue weighted by Gasteiger charge is -2.53. The van der Waals surface area contributed by atoms with Crippen molar-refractivity contribution in [3.8, 4) is 22.3 Å². The lowest BCUT2D eigenvalue weighted by Crippen LogP contribution is -2.64. The fourth-order valence-electron chi connectivity index (χ4n) is 14.7. The van der Waals surface area contributed by atoms with Gasteiger partial charge >= 0.3 is 6.85 Å². The number of thiophene rings is 1. The molecule has 0 amide bonds. The summed E-state index contributed by atoms with van der Waals surface area (Å²) in [6.07, 6.45) is 7.20. The third-order valence-corrected chi connectivity index (χ3v) is 20.3. The van der Waals surface area contributed by atoms with Crippen LogP contribution in [0.2, 0.25) is 0 Å². The number of para-hydroxylation sites is 1. The van der Waals surface area contributed by atoms with Gasteiger partial charge in [0.25, 0.3) is 0 Å². The first-order valence-electron chi connectivity index (χ1n) is 26.7. The Morgan fingerprint density at radius 3 is 2.00 bits per heavy atom. The molecular weight excluding hydrogens is 880 g/mol. The van der Waals surface area contributed by atoms with Crippen LogP contribution < -0.4 is 20.6 Å². The highest BCUT2D eigenvalue weighted by molar-refractivity contribution is 7.26. The number of nitrogens with zero attached hydrogens (tertiary/aromatic N) is 2. The first-order valence-corrected chi connectivity index (χ1v) is 27.5. The van der Waals surface area contributed by atoms with Crippen LogP contribution in [-0.2, 0) is 27.1 Å². The molecule has 1 saturated carbocycles. The molecule has 2 unspecified atom stereocenters. The van der Waals surface area contributed by atoms with Crippen molar-refractivity contribution in [2.75, 3.05) is 9.71 Å². The summed E-state index contributed by atoms with van der Waals surface area (Å²) in [4.78, 5) is 5.73. The van der Waals surface area contributed by atoms with Gasteiger partial charge in [0, 0.05) is 75.8 Å². The van der Waals surface area contributed by atoms with Crippen LogP contribution in [0.15, 0.2) is 120 Å². The fourth-order valence-corrected chi connectivity index (χ4v) is 15.9. The Morgan fingerprint density at radius 1 is 0.563 bits per heavy atom. The second kappa shape index (κ2) is 14.0. The minimum absolute atomic E-state index is 0.0333. The molecule has 2 aliphatic carbocycles. The van der Waals surface area contributed by atoms with Gasteiger partial charge in [-0.1, -0.05) is 162 Å². The van der Waals surface area contributed by atoms with Crippen LogP contribution in [-0.4, -0.2) is 12.4 Å². The van der Waals surface area contributed by atoms with Gasteiger partial charge in [0.05, 0.1) is 5.54 Å². The molecule has 14 rings (SSSR count). The van der Waals surface area contributed by atoms with Crippen molar-refractivity contribution >= 4 is 94.0 Å². The van der Waals surface area contributed by atoms with Crippen LogP contribution in [0.1, 0.15) is 149 Å². The fraction of sp³-hybridized carbons (Fsp3) is 0.364.